The maximum absolute atomic E-state index is 14.5. The molecule has 4 nitrogen and oxygen atoms in total. The number of halogens is 2. The Kier molecular flexibility index (Phi) is 7.29. The number of hydrogen-bond acceptors (Lipinski definition) is 4. The Morgan fingerprint density at radius 1 is 1.03 bits per heavy atom. The lowest BCUT2D eigenvalue weighted by molar-refractivity contribution is 0.186. The monoisotopic (exact) mass is 423 g/mol. The molecule has 2 rings (SSSR count). The van der Waals surface area contributed by atoms with Crippen LogP contribution < -0.4 is 15.2 Å². The van der Waals surface area contributed by atoms with Crippen molar-refractivity contribution in [2.75, 3.05) is 18.9 Å². The van der Waals surface area contributed by atoms with Crippen LogP contribution in [0.1, 0.15) is 39.4 Å². The van der Waals surface area contributed by atoms with E-state index in [1.807, 2.05) is 0 Å². The van der Waals surface area contributed by atoms with Crippen molar-refractivity contribution >= 4 is 14.0 Å². The van der Waals surface area contributed by atoms with E-state index >= 15 is 0 Å². The van der Waals surface area contributed by atoms with Crippen molar-refractivity contribution in [2.24, 2.45) is 0 Å². The van der Waals surface area contributed by atoms with Crippen LogP contribution in [0.4, 0.5) is 14.5 Å². The van der Waals surface area contributed by atoms with E-state index in [0.717, 1.165) is 0 Å². The molecule has 0 aromatic heterocycles. The Morgan fingerprint density at radius 3 is 2.34 bits per heavy atom. The van der Waals surface area contributed by atoms with Gasteiger partial charge in [-0.15, -0.1) is 0 Å². The maximum atomic E-state index is 14.5. The average molecular weight is 424 g/mol. The first-order valence-electron chi connectivity index (χ1n) is 9.69. The van der Waals surface area contributed by atoms with E-state index in [2.05, 4.69) is 33.9 Å². The Bertz CT molecular complexity index is 837. The number of rotatable bonds is 8. The number of anilines is 1. The second kappa shape index (κ2) is 9.13. The lowest BCUT2D eigenvalue weighted by Gasteiger charge is -2.36. The summed E-state index contributed by atoms with van der Waals surface area (Å²) < 4.78 is 45.6. The zero-order chi connectivity index (χ0) is 21.8. The Labute approximate surface area is 173 Å². The minimum atomic E-state index is -1.87. The smallest absolute Gasteiger partial charge is 0.192 e. The SMILES string of the molecule is CC(Oc1ccc(F)c(N)c1)c1c(F)cccc1OCCO[Si](C)(C)C(C)(C)C. The van der Waals surface area contributed by atoms with Gasteiger partial charge >= 0.3 is 0 Å². The highest BCUT2D eigenvalue weighted by Gasteiger charge is 2.36. The van der Waals surface area contributed by atoms with Crippen LogP contribution in [0.2, 0.25) is 18.1 Å². The molecule has 0 saturated carbocycles. The van der Waals surface area contributed by atoms with Crippen molar-refractivity contribution in [3.8, 4) is 11.5 Å². The summed E-state index contributed by atoms with van der Waals surface area (Å²) in [5.41, 5.74) is 5.85. The number of nitrogens with two attached hydrogens (primary N) is 1. The molecule has 1 atom stereocenters. The molecule has 1 unspecified atom stereocenters. The van der Waals surface area contributed by atoms with E-state index in [1.54, 1.807) is 19.1 Å². The molecule has 2 aromatic carbocycles. The third kappa shape index (κ3) is 5.93. The summed E-state index contributed by atoms with van der Waals surface area (Å²) in [4.78, 5) is 0. The van der Waals surface area contributed by atoms with E-state index in [1.165, 1.54) is 24.3 Å². The fourth-order valence-electron chi connectivity index (χ4n) is 2.56. The van der Waals surface area contributed by atoms with Crippen LogP contribution in [-0.4, -0.2) is 21.5 Å². The van der Waals surface area contributed by atoms with Gasteiger partial charge in [0, 0.05) is 6.07 Å². The van der Waals surface area contributed by atoms with Crippen LogP contribution in [0.15, 0.2) is 36.4 Å². The molecule has 2 aromatic rings. The molecule has 0 bridgehead atoms. The summed E-state index contributed by atoms with van der Waals surface area (Å²) >= 11 is 0. The van der Waals surface area contributed by atoms with Gasteiger partial charge in [-0.05, 0) is 49.3 Å². The van der Waals surface area contributed by atoms with Crippen LogP contribution in [0.3, 0.4) is 0 Å². The zero-order valence-electron chi connectivity index (χ0n) is 18.0. The zero-order valence-corrected chi connectivity index (χ0v) is 19.0. The molecular weight excluding hydrogens is 392 g/mol. The van der Waals surface area contributed by atoms with Crippen molar-refractivity contribution < 1.29 is 22.7 Å². The van der Waals surface area contributed by atoms with Gasteiger partial charge in [-0.2, -0.15) is 0 Å². The molecule has 0 fully saturated rings. The third-order valence-corrected chi connectivity index (χ3v) is 9.85. The first-order valence-corrected chi connectivity index (χ1v) is 12.6. The number of nitrogen functional groups attached to an aromatic ring is 1. The normalized spacial score (nSPS) is 13.2. The van der Waals surface area contributed by atoms with E-state index in [9.17, 15) is 8.78 Å². The van der Waals surface area contributed by atoms with Gasteiger partial charge in [-0.1, -0.05) is 26.8 Å². The summed E-state index contributed by atoms with van der Waals surface area (Å²) in [5.74, 6) is -0.213. The summed E-state index contributed by atoms with van der Waals surface area (Å²) in [6.07, 6.45) is -0.655. The van der Waals surface area contributed by atoms with E-state index < -0.39 is 26.1 Å². The number of benzene rings is 2. The predicted octanol–water partition coefficient (Wildman–Crippen LogP) is 6.09. The highest BCUT2D eigenvalue weighted by molar-refractivity contribution is 6.74. The van der Waals surface area contributed by atoms with Crippen molar-refractivity contribution in [1.29, 1.82) is 0 Å². The van der Waals surface area contributed by atoms with Crippen LogP contribution in [-0.2, 0) is 4.43 Å². The Balaban J connectivity index is 2.07. The van der Waals surface area contributed by atoms with Crippen molar-refractivity contribution in [3.05, 3.63) is 53.6 Å². The molecule has 2 N–H and O–H groups in total. The van der Waals surface area contributed by atoms with Gasteiger partial charge in [0.25, 0.3) is 0 Å². The van der Waals surface area contributed by atoms with Gasteiger partial charge in [-0.25, -0.2) is 8.78 Å². The van der Waals surface area contributed by atoms with Crippen molar-refractivity contribution in [3.63, 3.8) is 0 Å². The number of ether oxygens (including phenoxy) is 2. The molecule has 0 aliphatic rings. The van der Waals surface area contributed by atoms with Gasteiger partial charge < -0.3 is 19.6 Å². The summed E-state index contributed by atoms with van der Waals surface area (Å²) in [7, 11) is -1.87. The molecule has 7 heteroatoms. The lowest BCUT2D eigenvalue weighted by atomic mass is 10.1. The molecule has 0 heterocycles. The number of hydrogen-bond donors (Lipinski definition) is 1. The van der Waals surface area contributed by atoms with E-state index in [4.69, 9.17) is 19.6 Å². The molecule has 0 amide bonds. The fraction of sp³-hybridized carbons (Fsp3) is 0.455. The van der Waals surface area contributed by atoms with Gasteiger partial charge in [0.1, 0.15) is 35.8 Å². The quantitative estimate of drug-likeness (QED) is 0.317. The van der Waals surface area contributed by atoms with E-state index in [-0.39, 0.29) is 10.7 Å². The summed E-state index contributed by atoms with van der Waals surface area (Å²) in [5, 5.41) is 0.108. The topological polar surface area (TPSA) is 53.7 Å². The van der Waals surface area contributed by atoms with Crippen molar-refractivity contribution in [1.82, 2.24) is 0 Å². The van der Waals surface area contributed by atoms with Gasteiger partial charge in [0.15, 0.2) is 8.32 Å². The minimum absolute atomic E-state index is 0.0255. The molecule has 0 aliphatic heterocycles. The van der Waals surface area contributed by atoms with Crippen molar-refractivity contribution in [2.45, 2.75) is 51.9 Å². The molecule has 160 valence electrons. The van der Waals surface area contributed by atoms with Gasteiger partial charge in [0.2, 0.25) is 0 Å². The van der Waals surface area contributed by atoms with Crippen LogP contribution in [0, 0.1) is 11.6 Å². The second-order valence-electron chi connectivity index (χ2n) is 8.55. The van der Waals surface area contributed by atoms with Gasteiger partial charge in [0.05, 0.1) is 17.9 Å². The maximum Gasteiger partial charge on any atom is 0.192 e. The Hall–Kier alpha value is -2.12. The average Bonchev–Trinajstić information content (AvgIpc) is 2.61. The second-order valence-corrected chi connectivity index (χ2v) is 13.4. The largest absolute Gasteiger partial charge is 0.491 e. The third-order valence-electron chi connectivity index (χ3n) is 5.31. The summed E-state index contributed by atoms with van der Waals surface area (Å²) in [6, 6.07) is 8.69. The predicted molar refractivity (Wildman–Crippen MR) is 115 cm³/mol. The van der Waals surface area contributed by atoms with Crippen LogP contribution in [0.5, 0.6) is 11.5 Å². The van der Waals surface area contributed by atoms with Crippen LogP contribution >= 0.6 is 0 Å². The first kappa shape index (κ1) is 23.2. The molecule has 0 aliphatic carbocycles. The fourth-order valence-corrected chi connectivity index (χ4v) is 3.59. The highest BCUT2D eigenvalue weighted by atomic mass is 28.4. The molecule has 0 spiro atoms. The Morgan fingerprint density at radius 2 is 1.72 bits per heavy atom. The first-order chi connectivity index (χ1) is 13.4. The lowest BCUT2D eigenvalue weighted by Crippen LogP contribution is -2.41. The summed E-state index contributed by atoms with van der Waals surface area (Å²) in [6.45, 7) is 13.3. The molecule has 0 radical (unpaired) electrons. The molecular formula is C22H31F2NO3Si. The standard InChI is InChI=1S/C22H31F2NO3Si/c1-15(28-16-10-11-17(23)19(25)14-16)21-18(24)8-7-9-20(21)26-12-13-27-29(5,6)22(2,3)4/h7-11,14-15H,12-13,25H2,1-6H3. The minimum Gasteiger partial charge on any atom is -0.491 e. The molecule has 29 heavy (non-hydrogen) atoms. The molecule has 0 saturated heterocycles. The van der Waals surface area contributed by atoms with Crippen LogP contribution in [0.25, 0.3) is 0 Å². The van der Waals surface area contributed by atoms with Gasteiger partial charge in [-0.3, -0.25) is 0 Å². The van der Waals surface area contributed by atoms with E-state index in [0.29, 0.717) is 30.3 Å². The highest BCUT2D eigenvalue weighted by Crippen LogP contribution is 2.36.